The molecule has 2 rings (SSSR count). The largest absolute Gasteiger partial charge is 0.416 e. The fourth-order valence-corrected chi connectivity index (χ4v) is 2.59. The predicted octanol–water partition coefficient (Wildman–Crippen LogP) is 3.79. The minimum Gasteiger partial charge on any atom is -0.333 e. The minimum absolute atomic E-state index is 0. The summed E-state index contributed by atoms with van der Waals surface area (Å²) in [5, 5.41) is 2.92. The van der Waals surface area contributed by atoms with Crippen molar-refractivity contribution < 1.29 is 18.0 Å². The van der Waals surface area contributed by atoms with E-state index in [4.69, 9.17) is 0 Å². The SMILES string of the molecule is CNCCC(=O)N(C1CC1)C(C)c1cccc(C(F)(F)F)c1.Cl. The van der Waals surface area contributed by atoms with Gasteiger partial charge in [0.05, 0.1) is 11.6 Å². The lowest BCUT2D eigenvalue weighted by atomic mass is 10.0. The summed E-state index contributed by atoms with van der Waals surface area (Å²) >= 11 is 0. The van der Waals surface area contributed by atoms with E-state index in [0.717, 1.165) is 25.0 Å². The van der Waals surface area contributed by atoms with Crippen LogP contribution in [0.1, 0.15) is 43.4 Å². The number of alkyl halides is 3. The van der Waals surface area contributed by atoms with Crippen molar-refractivity contribution in [1.29, 1.82) is 0 Å². The number of carbonyl (C=O) groups excluding carboxylic acids is 1. The third-order valence-electron chi connectivity index (χ3n) is 3.93. The lowest BCUT2D eigenvalue weighted by molar-refractivity contribution is -0.137. The Labute approximate surface area is 140 Å². The average Bonchev–Trinajstić information content (AvgIpc) is 3.29. The van der Waals surface area contributed by atoms with Crippen molar-refractivity contribution in [1.82, 2.24) is 10.2 Å². The molecular formula is C16H22ClF3N2O. The van der Waals surface area contributed by atoms with Crippen LogP contribution in [0, 0.1) is 0 Å². The van der Waals surface area contributed by atoms with Crippen molar-refractivity contribution in [2.75, 3.05) is 13.6 Å². The van der Waals surface area contributed by atoms with Crippen LogP contribution >= 0.6 is 12.4 Å². The summed E-state index contributed by atoms with van der Waals surface area (Å²) in [5.41, 5.74) is -0.144. The highest BCUT2D eigenvalue weighted by Gasteiger charge is 2.37. The molecule has 0 spiro atoms. The number of rotatable bonds is 6. The van der Waals surface area contributed by atoms with E-state index in [1.807, 2.05) is 0 Å². The second-order valence-electron chi connectivity index (χ2n) is 5.68. The molecule has 1 aromatic carbocycles. The highest BCUT2D eigenvalue weighted by molar-refractivity contribution is 5.85. The Bertz CT molecular complexity index is 532. The number of amides is 1. The Balaban J connectivity index is 0.00000264. The molecule has 0 heterocycles. The average molecular weight is 351 g/mol. The van der Waals surface area contributed by atoms with E-state index >= 15 is 0 Å². The van der Waals surface area contributed by atoms with Crippen molar-refractivity contribution in [3.8, 4) is 0 Å². The predicted molar refractivity (Wildman–Crippen MR) is 85.5 cm³/mol. The third kappa shape index (κ3) is 5.11. The van der Waals surface area contributed by atoms with Gasteiger partial charge >= 0.3 is 6.18 Å². The highest BCUT2D eigenvalue weighted by atomic mass is 35.5. The number of nitrogens with one attached hydrogen (secondary N) is 1. The first-order valence-electron chi connectivity index (χ1n) is 7.47. The summed E-state index contributed by atoms with van der Waals surface area (Å²) in [5.74, 6) is -0.0123. The number of hydrogen-bond donors (Lipinski definition) is 1. The number of hydrogen-bond acceptors (Lipinski definition) is 2. The first kappa shape index (κ1) is 19.8. The van der Waals surface area contributed by atoms with Gasteiger partial charge in [0.1, 0.15) is 0 Å². The van der Waals surface area contributed by atoms with Crippen molar-refractivity contribution in [2.45, 2.75) is 44.4 Å². The fourth-order valence-electron chi connectivity index (χ4n) is 2.59. The molecule has 0 bridgehead atoms. The number of carbonyl (C=O) groups is 1. The molecule has 130 valence electrons. The highest BCUT2D eigenvalue weighted by Crippen LogP contribution is 2.36. The number of nitrogens with zero attached hydrogens (tertiary/aromatic N) is 1. The van der Waals surface area contributed by atoms with Gasteiger partial charge in [-0.3, -0.25) is 4.79 Å². The Morgan fingerprint density at radius 2 is 2.04 bits per heavy atom. The van der Waals surface area contributed by atoms with Gasteiger partial charge in [-0.1, -0.05) is 12.1 Å². The zero-order valence-corrected chi connectivity index (χ0v) is 14.0. The molecule has 3 nitrogen and oxygen atoms in total. The van der Waals surface area contributed by atoms with Crippen LogP contribution in [0.4, 0.5) is 13.2 Å². The zero-order valence-electron chi connectivity index (χ0n) is 13.2. The topological polar surface area (TPSA) is 32.3 Å². The molecule has 1 N–H and O–H groups in total. The van der Waals surface area contributed by atoms with Gasteiger partial charge in [0.25, 0.3) is 0 Å². The van der Waals surface area contributed by atoms with Crippen LogP contribution in [0.5, 0.6) is 0 Å². The van der Waals surface area contributed by atoms with E-state index in [0.29, 0.717) is 18.5 Å². The Kier molecular flexibility index (Phi) is 6.89. The molecule has 0 radical (unpaired) electrons. The maximum absolute atomic E-state index is 12.8. The zero-order chi connectivity index (χ0) is 16.3. The fraction of sp³-hybridized carbons (Fsp3) is 0.562. The van der Waals surface area contributed by atoms with Crippen molar-refractivity contribution >= 4 is 18.3 Å². The monoisotopic (exact) mass is 350 g/mol. The molecule has 23 heavy (non-hydrogen) atoms. The molecule has 1 aliphatic rings. The van der Waals surface area contributed by atoms with Crippen molar-refractivity contribution in [3.63, 3.8) is 0 Å². The van der Waals surface area contributed by atoms with Crippen molar-refractivity contribution in [3.05, 3.63) is 35.4 Å². The van der Waals surface area contributed by atoms with Gasteiger partial charge in [0.2, 0.25) is 5.91 Å². The molecule has 1 atom stereocenters. The molecule has 1 aromatic rings. The Morgan fingerprint density at radius 3 is 2.57 bits per heavy atom. The quantitative estimate of drug-likeness (QED) is 0.846. The van der Waals surface area contributed by atoms with Crippen LogP contribution in [0.3, 0.4) is 0 Å². The van der Waals surface area contributed by atoms with Gasteiger partial charge in [0.15, 0.2) is 0 Å². The molecule has 0 saturated heterocycles. The standard InChI is InChI=1S/C16H21F3N2O.ClH/c1-11(12-4-3-5-13(10-12)16(17,18)19)21(14-6-7-14)15(22)8-9-20-2;/h3-5,10-11,14,20H,6-9H2,1-2H3;1H. The Morgan fingerprint density at radius 1 is 1.39 bits per heavy atom. The lowest BCUT2D eigenvalue weighted by Crippen LogP contribution is -2.37. The van der Waals surface area contributed by atoms with E-state index in [9.17, 15) is 18.0 Å². The van der Waals surface area contributed by atoms with Gasteiger partial charge in [-0.15, -0.1) is 12.4 Å². The van der Waals surface area contributed by atoms with Crippen LogP contribution in [-0.2, 0) is 11.0 Å². The van der Waals surface area contributed by atoms with Crippen LogP contribution in [0.25, 0.3) is 0 Å². The first-order chi connectivity index (χ1) is 10.3. The summed E-state index contributed by atoms with van der Waals surface area (Å²) in [4.78, 5) is 14.1. The molecule has 1 fully saturated rings. The molecule has 0 aliphatic heterocycles. The smallest absolute Gasteiger partial charge is 0.333 e. The normalized spacial score (nSPS) is 15.7. The van der Waals surface area contributed by atoms with E-state index in [1.165, 1.54) is 6.07 Å². The molecule has 0 aromatic heterocycles. The van der Waals surface area contributed by atoms with E-state index in [1.54, 1.807) is 24.9 Å². The molecule has 1 saturated carbocycles. The molecular weight excluding hydrogens is 329 g/mol. The number of benzene rings is 1. The summed E-state index contributed by atoms with van der Waals surface area (Å²) in [6.07, 6.45) is -2.16. The molecule has 1 aliphatic carbocycles. The summed E-state index contributed by atoms with van der Waals surface area (Å²) in [6.45, 7) is 2.36. The lowest BCUT2D eigenvalue weighted by Gasteiger charge is -2.30. The van der Waals surface area contributed by atoms with Gasteiger partial charge < -0.3 is 10.2 Å². The summed E-state index contributed by atoms with van der Waals surface area (Å²) < 4.78 is 38.5. The van der Waals surface area contributed by atoms with Gasteiger partial charge in [-0.25, -0.2) is 0 Å². The molecule has 1 unspecified atom stereocenters. The van der Waals surface area contributed by atoms with Crippen LogP contribution in [0.15, 0.2) is 24.3 Å². The second kappa shape index (κ2) is 8.02. The summed E-state index contributed by atoms with van der Waals surface area (Å²) in [6, 6.07) is 5.07. The number of halogens is 4. The van der Waals surface area contributed by atoms with E-state index in [-0.39, 0.29) is 30.4 Å². The second-order valence-corrected chi connectivity index (χ2v) is 5.68. The third-order valence-corrected chi connectivity index (χ3v) is 3.93. The van der Waals surface area contributed by atoms with E-state index in [2.05, 4.69) is 5.32 Å². The van der Waals surface area contributed by atoms with Crippen LogP contribution in [-0.4, -0.2) is 30.4 Å². The summed E-state index contributed by atoms with van der Waals surface area (Å²) in [7, 11) is 1.77. The van der Waals surface area contributed by atoms with Gasteiger partial charge in [0, 0.05) is 19.0 Å². The minimum atomic E-state index is -4.36. The van der Waals surface area contributed by atoms with Crippen LogP contribution < -0.4 is 5.32 Å². The molecule has 1 amide bonds. The maximum Gasteiger partial charge on any atom is 0.416 e. The van der Waals surface area contributed by atoms with Crippen LogP contribution in [0.2, 0.25) is 0 Å². The molecule has 7 heteroatoms. The maximum atomic E-state index is 12.8. The van der Waals surface area contributed by atoms with Gasteiger partial charge in [-0.2, -0.15) is 13.2 Å². The van der Waals surface area contributed by atoms with Gasteiger partial charge in [-0.05, 0) is 44.5 Å². The van der Waals surface area contributed by atoms with E-state index < -0.39 is 11.7 Å². The Hall–Kier alpha value is -1.27. The first-order valence-corrected chi connectivity index (χ1v) is 7.47. The van der Waals surface area contributed by atoms with Crippen molar-refractivity contribution in [2.24, 2.45) is 0 Å².